The van der Waals surface area contributed by atoms with Crippen LogP contribution < -0.4 is 5.32 Å². The van der Waals surface area contributed by atoms with Crippen LogP contribution in [0.25, 0.3) is 0 Å². The lowest BCUT2D eigenvalue weighted by Crippen LogP contribution is -2.40. The first-order valence-electron chi connectivity index (χ1n) is 7.44. The van der Waals surface area contributed by atoms with E-state index in [-0.39, 0.29) is 12.6 Å². The molecule has 0 aliphatic carbocycles. The average molecular weight is 290 g/mol. The van der Waals surface area contributed by atoms with Gasteiger partial charge in [-0.3, -0.25) is 0 Å². The summed E-state index contributed by atoms with van der Waals surface area (Å²) in [5.41, 5.74) is 0. The van der Waals surface area contributed by atoms with Crippen LogP contribution >= 0.6 is 0 Å². The third-order valence-electron chi connectivity index (χ3n) is 4.28. The van der Waals surface area contributed by atoms with Crippen LogP contribution in [0.3, 0.4) is 0 Å². The smallest absolute Gasteiger partial charge is 0.214 e. The predicted molar refractivity (Wildman–Crippen MR) is 75.4 cm³/mol. The van der Waals surface area contributed by atoms with E-state index in [0.717, 1.165) is 45.2 Å². The summed E-state index contributed by atoms with van der Waals surface area (Å²) in [6, 6.07) is 0.124. The molecule has 0 bridgehead atoms. The molecule has 0 saturated carbocycles. The molecule has 0 aromatic heterocycles. The van der Waals surface area contributed by atoms with Crippen LogP contribution in [0.15, 0.2) is 0 Å². The molecule has 19 heavy (non-hydrogen) atoms. The minimum Gasteiger partial charge on any atom is -0.396 e. The molecule has 2 fully saturated rings. The molecule has 112 valence electrons. The summed E-state index contributed by atoms with van der Waals surface area (Å²) in [7, 11) is -3.12. The molecule has 0 aromatic rings. The molecule has 0 spiro atoms. The molecule has 2 rings (SSSR count). The van der Waals surface area contributed by atoms with Crippen LogP contribution in [0.4, 0.5) is 0 Å². The highest BCUT2D eigenvalue weighted by Gasteiger charge is 2.35. The van der Waals surface area contributed by atoms with Crippen molar-refractivity contribution in [3.05, 3.63) is 0 Å². The van der Waals surface area contributed by atoms with Gasteiger partial charge in [-0.1, -0.05) is 0 Å². The Kier molecular flexibility index (Phi) is 5.62. The highest BCUT2D eigenvalue weighted by atomic mass is 32.2. The van der Waals surface area contributed by atoms with Crippen molar-refractivity contribution < 1.29 is 13.5 Å². The molecule has 0 amide bonds. The lowest BCUT2D eigenvalue weighted by molar-refractivity contribution is 0.263. The van der Waals surface area contributed by atoms with E-state index in [0.29, 0.717) is 24.6 Å². The van der Waals surface area contributed by atoms with Gasteiger partial charge in [0.2, 0.25) is 10.0 Å². The van der Waals surface area contributed by atoms with Gasteiger partial charge in [-0.15, -0.1) is 0 Å². The van der Waals surface area contributed by atoms with Gasteiger partial charge in [0.05, 0.1) is 5.75 Å². The summed E-state index contributed by atoms with van der Waals surface area (Å²) in [6.45, 7) is 2.70. The lowest BCUT2D eigenvalue weighted by atomic mass is 10.0. The van der Waals surface area contributed by atoms with E-state index in [9.17, 15) is 8.42 Å². The molecule has 6 heteroatoms. The van der Waals surface area contributed by atoms with Crippen molar-refractivity contribution >= 4 is 10.0 Å². The van der Waals surface area contributed by atoms with Gasteiger partial charge in [-0.25, -0.2) is 8.42 Å². The topological polar surface area (TPSA) is 69.6 Å². The highest BCUT2D eigenvalue weighted by Crippen LogP contribution is 2.27. The Labute approximate surface area is 116 Å². The summed E-state index contributed by atoms with van der Waals surface area (Å²) in [5.74, 6) is 0.620. The largest absolute Gasteiger partial charge is 0.396 e. The summed E-state index contributed by atoms with van der Waals surface area (Å²) in [6.07, 6.45) is 5.34. The Morgan fingerprint density at radius 3 is 2.63 bits per heavy atom. The Morgan fingerprint density at radius 2 is 1.95 bits per heavy atom. The maximum Gasteiger partial charge on any atom is 0.214 e. The molecule has 2 N–H and O–H groups in total. The quantitative estimate of drug-likeness (QED) is 0.750. The number of piperidine rings is 1. The standard InChI is InChI=1S/C13H26N2O3S/c16-10-2-4-13-3-1-9-15(13)19(17,18)11-12-5-7-14-8-6-12/h12-14,16H,1-11H2. The molecule has 0 aromatic carbocycles. The molecular weight excluding hydrogens is 264 g/mol. The first kappa shape index (κ1) is 15.2. The molecule has 2 aliphatic rings. The molecule has 1 unspecified atom stereocenters. The van der Waals surface area contributed by atoms with Crippen molar-refractivity contribution in [3.8, 4) is 0 Å². The van der Waals surface area contributed by atoms with Crippen LogP contribution in [0.2, 0.25) is 0 Å². The number of hydrogen-bond donors (Lipinski definition) is 2. The monoisotopic (exact) mass is 290 g/mol. The van der Waals surface area contributed by atoms with Gasteiger partial charge in [0, 0.05) is 19.2 Å². The zero-order valence-corrected chi connectivity index (χ0v) is 12.4. The fraction of sp³-hybridized carbons (Fsp3) is 1.00. The van der Waals surface area contributed by atoms with Crippen molar-refractivity contribution in [1.29, 1.82) is 0 Å². The second kappa shape index (κ2) is 7.02. The fourth-order valence-electron chi connectivity index (χ4n) is 3.23. The molecule has 5 nitrogen and oxygen atoms in total. The molecule has 2 aliphatic heterocycles. The Balaban J connectivity index is 1.93. The number of nitrogens with one attached hydrogen (secondary N) is 1. The number of hydrogen-bond acceptors (Lipinski definition) is 4. The minimum absolute atomic E-state index is 0.124. The Hall–Kier alpha value is -0.170. The third-order valence-corrected chi connectivity index (χ3v) is 6.37. The maximum atomic E-state index is 12.5. The van der Waals surface area contributed by atoms with Crippen molar-refractivity contribution in [2.75, 3.05) is 32.0 Å². The summed E-state index contributed by atoms with van der Waals surface area (Å²) >= 11 is 0. The van der Waals surface area contributed by atoms with E-state index < -0.39 is 10.0 Å². The van der Waals surface area contributed by atoms with Crippen molar-refractivity contribution in [3.63, 3.8) is 0 Å². The SMILES string of the molecule is O=S(=O)(CC1CCNCC1)N1CCCC1CCCO. The summed E-state index contributed by atoms with van der Waals surface area (Å²) < 4.78 is 26.7. The molecule has 2 saturated heterocycles. The van der Waals surface area contributed by atoms with Gasteiger partial charge in [0.25, 0.3) is 0 Å². The van der Waals surface area contributed by atoms with Gasteiger partial charge in [0.15, 0.2) is 0 Å². The van der Waals surface area contributed by atoms with Crippen LogP contribution in [-0.2, 0) is 10.0 Å². The first-order chi connectivity index (χ1) is 9.13. The Morgan fingerprint density at radius 1 is 1.21 bits per heavy atom. The van der Waals surface area contributed by atoms with Gasteiger partial charge in [0.1, 0.15) is 0 Å². The van der Waals surface area contributed by atoms with Crippen molar-refractivity contribution in [1.82, 2.24) is 9.62 Å². The second-order valence-corrected chi connectivity index (χ2v) is 7.71. The minimum atomic E-state index is -3.12. The van der Waals surface area contributed by atoms with Crippen molar-refractivity contribution in [2.45, 2.75) is 44.6 Å². The van der Waals surface area contributed by atoms with E-state index in [1.165, 1.54) is 0 Å². The van der Waals surface area contributed by atoms with Gasteiger partial charge in [-0.05, 0) is 57.5 Å². The second-order valence-electron chi connectivity index (χ2n) is 5.74. The number of rotatable bonds is 6. The number of nitrogens with zero attached hydrogens (tertiary/aromatic N) is 1. The van der Waals surface area contributed by atoms with E-state index in [2.05, 4.69) is 5.32 Å². The number of aliphatic hydroxyl groups excluding tert-OH is 1. The fourth-order valence-corrected chi connectivity index (χ4v) is 5.43. The van der Waals surface area contributed by atoms with E-state index in [1.807, 2.05) is 0 Å². The van der Waals surface area contributed by atoms with Gasteiger partial charge >= 0.3 is 0 Å². The number of sulfonamides is 1. The summed E-state index contributed by atoms with van der Waals surface area (Å²) in [5, 5.41) is 12.2. The molecule has 0 radical (unpaired) electrons. The first-order valence-corrected chi connectivity index (χ1v) is 9.05. The Bertz CT molecular complexity index is 366. The van der Waals surface area contributed by atoms with Gasteiger partial charge in [-0.2, -0.15) is 4.31 Å². The van der Waals surface area contributed by atoms with Crippen LogP contribution in [0, 0.1) is 5.92 Å². The molecule has 2 heterocycles. The van der Waals surface area contributed by atoms with E-state index >= 15 is 0 Å². The van der Waals surface area contributed by atoms with Gasteiger partial charge < -0.3 is 10.4 Å². The lowest BCUT2D eigenvalue weighted by Gasteiger charge is -2.28. The highest BCUT2D eigenvalue weighted by molar-refractivity contribution is 7.89. The number of aliphatic hydroxyl groups is 1. The van der Waals surface area contributed by atoms with E-state index in [4.69, 9.17) is 5.11 Å². The maximum absolute atomic E-state index is 12.5. The third kappa shape index (κ3) is 4.15. The van der Waals surface area contributed by atoms with E-state index in [1.54, 1.807) is 4.31 Å². The van der Waals surface area contributed by atoms with Crippen molar-refractivity contribution in [2.24, 2.45) is 5.92 Å². The summed E-state index contributed by atoms with van der Waals surface area (Å²) in [4.78, 5) is 0. The van der Waals surface area contributed by atoms with Crippen LogP contribution in [0.1, 0.15) is 38.5 Å². The zero-order valence-electron chi connectivity index (χ0n) is 11.6. The molecule has 1 atom stereocenters. The van der Waals surface area contributed by atoms with Crippen LogP contribution in [-0.4, -0.2) is 55.9 Å². The normalized spacial score (nSPS) is 26.9. The predicted octanol–water partition coefficient (Wildman–Crippen LogP) is 0.553. The molecular formula is C13H26N2O3S. The zero-order chi connectivity index (χ0) is 13.7. The van der Waals surface area contributed by atoms with Crippen LogP contribution in [0.5, 0.6) is 0 Å². The average Bonchev–Trinajstić information content (AvgIpc) is 2.86.